The molecule has 130 valence electrons. The Morgan fingerprint density at radius 2 is 1.80 bits per heavy atom. The summed E-state index contributed by atoms with van der Waals surface area (Å²) >= 11 is 0. The Bertz CT molecular complexity index is 847. The van der Waals surface area contributed by atoms with Gasteiger partial charge in [0.1, 0.15) is 0 Å². The number of hydrogen-bond acceptors (Lipinski definition) is 4. The number of aromatic nitrogens is 2. The Balaban J connectivity index is 0.000000326. The zero-order valence-electron chi connectivity index (χ0n) is 13.5. The van der Waals surface area contributed by atoms with Gasteiger partial charge >= 0.3 is 11.9 Å². The number of para-hydroxylation sites is 1. The summed E-state index contributed by atoms with van der Waals surface area (Å²) in [6.07, 6.45) is 5.68. The van der Waals surface area contributed by atoms with Crippen molar-refractivity contribution in [3.8, 4) is 11.3 Å². The van der Waals surface area contributed by atoms with Crippen LogP contribution in [-0.2, 0) is 16.0 Å². The van der Waals surface area contributed by atoms with E-state index in [0.717, 1.165) is 18.4 Å². The number of carboxylic acids is 2. The number of nitrogens with two attached hydrogens (primary N) is 1. The third-order valence-corrected chi connectivity index (χ3v) is 3.58. The van der Waals surface area contributed by atoms with Crippen LogP contribution in [0.3, 0.4) is 0 Å². The van der Waals surface area contributed by atoms with E-state index < -0.39 is 11.9 Å². The number of nitrogens with zero attached hydrogens (tertiary/aromatic N) is 1. The largest absolute Gasteiger partial charge is 0.473 e. The molecule has 0 aliphatic rings. The molecule has 0 spiro atoms. The third kappa shape index (κ3) is 4.65. The molecule has 0 fully saturated rings. The molecule has 1 aromatic carbocycles. The summed E-state index contributed by atoms with van der Waals surface area (Å²) < 4.78 is 0. The molecule has 3 rings (SSSR count). The Hall–Kier alpha value is -3.19. The molecule has 0 amide bonds. The van der Waals surface area contributed by atoms with E-state index in [-0.39, 0.29) is 0 Å². The molecule has 2 aromatic heterocycles. The molecule has 5 N–H and O–H groups in total. The van der Waals surface area contributed by atoms with Crippen LogP contribution in [0.15, 0.2) is 48.8 Å². The molecule has 0 unspecified atom stereocenters. The van der Waals surface area contributed by atoms with Crippen molar-refractivity contribution in [2.75, 3.05) is 6.54 Å². The first-order chi connectivity index (χ1) is 12.0. The number of pyridine rings is 1. The number of carbonyl (C=O) groups is 2. The number of carboxylic acid groups (broad SMARTS) is 2. The van der Waals surface area contributed by atoms with E-state index in [4.69, 9.17) is 25.5 Å². The van der Waals surface area contributed by atoms with Crippen LogP contribution >= 0.6 is 0 Å². The average Bonchev–Trinajstić information content (AvgIpc) is 3.00. The smallest absolute Gasteiger partial charge is 0.414 e. The number of aliphatic carboxylic acids is 2. The topological polar surface area (TPSA) is 129 Å². The van der Waals surface area contributed by atoms with Gasteiger partial charge in [-0.3, -0.25) is 4.98 Å². The van der Waals surface area contributed by atoms with Gasteiger partial charge in [0.2, 0.25) is 0 Å². The highest BCUT2D eigenvalue weighted by Crippen LogP contribution is 2.30. The maximum atomic E-state index is 9.10. The van der Waals surface area contributed by atoms with Gasteiger partial charge in [-0.1, -0.05) is 18.2 Å². The second kappa shape index (κ2) is 8.60. The predicted molar refractivity (Wildman–Crippen MR) is 94.2 cm³/mol. The number of nitrogens with one attached hydrogen (secondary N) is 1. The van der Waals surface area contributed by atoms with E-state index >= 15 is 0 Å². The molecule has 0 aliphatic heterocycles. The molecule has 0 saturated heterocycles. The van der Waals surface area contributed by atoms with Crippen molar-refractivity contribution in [3.63, 3.8) is 0 Å². The van der Waals surface area contributed by atoms with Crippen molar-refractivity contribution in [1.82, 2.24) is 9.97 Å². The predicted octanol–water partition coefficient (Wildman–Crippen LogP) is 2.28. The van der Waals surface area contributed by atoms with Gasteiger partial charge in [-0.25, -0.2) is 9.59 Å². The second-order valence-electron chi connectivity index (χ2n) is 5.27. The van der Waals surface area contributed by atoms with Gasteiger partial charge in [-0.2, -0.15) is 0 Å². The van der Waals surface area contributed by atoms with Gasteiger partial charge in [-0.15, -0.1) is 0 Å². The number of rotatable bonds is 4. The number of hydrogen-bond donors (Lipinski definition) is 4. The van der Waals surface area contributed by atoms with Crippen LogP contribution in [0.5, 0.6) is 0 Å². The molecular formula is C18H19N3O4. The lowest BCUT2D eigenvalue weighted by atomic mass is 10.0. The van der Waals surface area contributed by atoms with Crippen molar-refractivity contribution < 1.29 is 19.8 Å². The first-order valence-corrected chi connectivity index (χ1v) is 7.71. The number of benzene rings is 1. The number of fused-ring (bicyclic) bond motifs is 1. The molecule has 7 nitrogen and oxygen atoms in total. The highest BCUT2D eigenvalue weighted by Gasteiger charge is 2.12. The molecule has 2 heterocycles. The quantitative estimate of drug-likeness (QED) is 0.539. The van der Waals surface area contributed by atoms with Crippen molar-refractivity contribution in [3.05, 3.63) is 54.4 Å². The van der Waals surface area contributed by atoms with E-state index in [1.54, 1.807) is 6.20 Å². The lowest BCUT2D eigenvalue weighted by Crippen LogP contribution is -2.09. The standard InChI is InChI=1S/C16H17N3.C2H2O4/c17-9-3-7-14-13-6-1-2-8-15(13)19-16(14)12-5-4-10-18-11-12;3-1(4)2(5)6/h1-2,4-6,8,10-11,19H,3,7,9,17H2;(H,3,4)(H,5,6). The first-order valence-electron chi connectivity index (χ1n) is 7.71. The minimum Gasteiger partial charge on any atom is -0.473 e. The second-order valence-corrected chi connectivity index (χ2v) is 5.27. The Morgan fingerprint density at radius 3 is 2.40 bits per heavy atom. The lowest BCUT2D eigenvalue weighted by molar-refractivity contribution is -0.159. The SMILES string of the molecule is NCCCc1c(-c2cccnc2)[nH]c2ccccc12.O=C(O)C(=O)O. The van der Waals surface area contributed by atoms with Crippen LogP contribution in [-0.4, -0.2) is 38.7 Å². The molecule has 0 atom stereocenters. The average molecular weight is 341 g/mol. The molecular weight excluding hydrogens is 322 g/mol. The van der Waals surface area contributed by atoms with Gasteiger partial charge in [0, 0.05) is 28.9 Å². The van der Waals surface area contributed by atoms with Crippen molar-refractivity contribution in [2.45, 2.75) is 12.8 Å². The van der Waals surface area contributed by atoms with Crippen molar-refractivity contribution in [1.29, 1.82) is 0 Å². The highest BCUT2D eigenvalue weighted by molar-refractivity contribution is 6.27. The molecule has 0 saturated carbocycles. The Morgan fingerprint density at radius 1 is 1.08 bits per heavy atom. The van der Waals surface area contributed by atoms with Gasteiger partial charge in [-0.05, 0) is 43.1 Å². The fourth-order valence-corrected chi connectivity index (χ4v) is 2.50. The fraction of sp³-hybridized carbons (Fsp3) is 0.167. The molecule has 0 radical (unpaired) electrons. The summed E-state index contributed by atoms with van der Waals surface area (Å²) in [5.41, 5.74) is 10.5. The Kier molecular flexibility index (Phi) is 6.25. The van der Waals surface area contributed by atoms with Gasteiger partial charge in [0.15, 0.2) is 0 Å². The maximum absolute atomic E-state index is 9.10. The summed E-state index contributed by atoms with van der Waals surface area (Å²) in [6.45, 7) is 0.714. The fourth-order valence-electron chi connectivity index (χ4n) is 2.50. The number of aryl methyl sites for hydroxylation is 1. The van der Waals surface area contributed by atoms with Crippen molar-refractivity contribution >= 4 is 22.8 Å². The minimum atomic E-state index is -1.82. The van der Waals surface area contributed by atoms with Crippen LogP contribution < -0.4 is 5.73 Å². The van der Waals surface area contributed by atoms with Crippen molar-refractivity contribution in [2.24, 2.45) is 5.73 Å². The van der Waals surface area contributed by atoms with Crippen LogP contribution in [0, 0.1) is 0 Å². The van der Waals surface area contributed by atoms with E-state index in [1.165, 1.54) is 22.2 Å². The summed E-state index contributed by atoms with van der Waals surface area (Å²) in [4.78, 5) is 25.9. The summed E-state index contributed by atoms with van der Waals surface area (Å²) in [5.74, 6) is -3.65. The normalized spacial score (nSPS) is 10.1. The summed E-state index contributed by atoms with van der Waals surface area (Å²) in [5, 5.41) is 16.1. The van der Waals surface area contributed by atoms with Crippen LogP contribution in [0.1, 0.15) is 12.0 Å². The van der Waals surface area contributed by atoms with E-state index in [2.05, 4.69) is 40.3 Å². The van der Waals surface area contributed by atoms with Crippen LogP contribution in [0.2, 0.25) is 0 Å². The molecule has 0 bridgehead atoms. The van der Waals surface area contributed by atoms with Gasteiger partial charge in [0.05, 0.1) is 5.69 Å². The highest BCUT2D eigenvalue weighted by atomic mass is 16.4. The molecule has 3 aromatic rings. The minimum absolute atomic E-state index is 0.714. The van der Waals surface area contributed by atoms with Gasteiger partial charge in [0.25, 0.3) is 0 Å². The van der Waals surface area contributed by atoms with E-state index in [0.29, 0.717) is 6.54 Å². The van der Waals surface area contributed by atoms with Crippen LogP contribution in [0.25, 0.3) is 22.2 Å². The molecule has 25 heavy (non-hydrogen) atoms. The lowest BCUT2D eigenvalue weighted by Gasteiger charge is -2.04. The molecule has 7 heteroatoms. The number of H-pyrrole nitrogens is 1. The van der Waals surface area contributed by atoms with Gasteiger partial charge < -0.3 is 20.9 Å². The maximum Gasteiger partial charge on any atom is 0.414 e. The zero-order chi connectivity index (χ0) is 18.2. The summed E-state index contributed by atoms with van der Waals surface area (Å²) in [6, 6.07) is 12.5. The zero-order valence-corrected chi connectivity index (χ0v) is 13.5. The van der Waals surface area contributed by atoms with Crippen LogP contribution in [0.4, 0.5) is 0 Å². The molecule has 0 aliphatic carbocycles. The first kappa shape index (κ1) is 18.2. The summed E-state index contributed by atoms with van der Waals surface area (Å²) in [7, 11) is 0. The third-order valence-electron chi connectivity index (χ3n) is 3.58. The van der Waals surface area contributed by atoms with E-state index in [1.807, 2.05) is 12.3 Å². The Labute approximate surface area is 144 Å². The van der Waals surface area contributed by atoms with E-state index in [9.17, 15) is 0 Å². The number of aromatic amines is 1. The monoisotopic (exact) mass is 341 g/mol.